The largest absolute Gasteiger partial charge is 0.366 e. The van der Waals surface area contributed by atoms with Crippen molar-refractivity contribution in [2.24, 2.45) is 0 Å². The van der Waals surface area contributed by atoms with Crippen LogP contribution in [0.3, 0.4) is 0 Å². The van der Waals surface area contributed by atoms with Crippen molar-refractivity contribution in [2.75, 3.05) is 5.32 Å². The number of anilines is 1. The zero-order chi connectivity index (χ0) is 19.6. The van der Waals surface area contributed by atoms with Crippen LogP contribution in [0.25, 0.3) is 32.9 Å². The van der Waals surface area contributed by atoms with Crippen LogP contribution in [0, 0.1) is 6.92 Å². The van der Waals surface area contributed by atoms with Crippen molar-refractivity contribution in [1.82, 2.24) is 19.9 Å². The maximum absolute atomic E-state index is 4.53. The molecule has 0 spiro atoms. The van der Waals surface area contributed by atoms with Gasteiger partial charge in [0.05, 0.1) is 11.2 Å². The standard InChI is InChI=1S/C24H19N5/c1-16-23(20-6-7-22-19(12-20)3-2-9-26-22)28-15-29-24(16)27-13-17-4-5-21-14-25-10-8-18(21)11-17/h2-12,14-15H,13H2,1H3,(H,27,28,29). The molecule has 0 bridgehead atoms. The molecule has 5 aromatic rings. The van der Waals surface area contributed by atoms with E-state index in [4.69, 9.17) is 0 Å². The van der Waals surface area contributed by atoms with Crippen LogP contribution in [-0.4, -0.2) is 19.9 Å². The Balaban J connectivity index is 1.43. The van der Waals surface area contributed by atoms with E-state index in [1.165, 1.54) is 10.9 Å². The highest BCUT2D eigenvalue weighted by atomic mass is 15.0. The summed E-state index contributed by atoms with van der Waals surface area (Å²) in [6.45, 7) is 2.74. The lowest BCUT2D eigenvalue weighted by Gasteiger charge is -2.12. The van der Waals surface area contributed by atoms with Crippen molar-refractivity contribution in [2.45, 2.75) is 13.5 Å². The Morgan fingerprint density at radius 2 is 1.79 bits per heavy atom. The van der Waals surface area contributed by atoms with Crippen molar-refractivity contribution in [3.05, 3.63) is 90.6 Å². The third kappa shape index (κ3) is 3.38. The van der Waals surface area contributed by atoms with Gasteiger partial charge in [0.2, 0.25) is 0 Å². The van der Waals surface area contributed by atoms with E-state index in [1.807, 2.05) is 36.8 Å². The summed E-state index contributed by atoms with van der Waals surface area (Å²) < 4.78 is 0. The lowest BCUT2D eigenvalue weighted by atomic mass is 10.0. The fourth-order valence-corrected chi connectivity index (χ4v) is 3.57. The zero-order valence-corrected chi connectivity index (χ0v) is 16.0. The van der Waals surface area contributed by atoms with Gasteiger partial charge in [0.15, 0.2) is 0 Å². The number of fused-ring (bicyclic) bond motifs is 2. The molecule has 29 heavy (non-hydrogen) atoms. The lowest BCUT2D eigenvalue weighted by molar-refractivity contribution is 1.06. The molecule has 5 nitrogen and oxygen atoms in total. The third-order valence-corrected chi connectivity index (χ3v) is 5.13. The average Bonchev–Trinajstić information content (AvgIpc) is 2.78. The summed E-state index contributed by atoms with van der Waals surface area (Å²) >= 11 is 0. The van der Waals surface area contributed by atoms with Crippen molar-refractivity contribution in [3.8, 4) is 11.3 Å². The Labute approximate surface area is 168 Å². The molecular weight excluding hydrogens is 358 g/mol. The van der Waals surface area contributed by atoms with Gasteiger partial charge in [-0.2, -0.15) is 0 Å². The molecule has 0 amide bonds. The molecule has 0 fully saturated rings. The SMILES string of the molecule is Cc1c(NCc2ccc3cnccc3c2)ncnc1-c1ccc2ncccc2c1. The summed E-state index contributed by atoms with van der Waals surface area (Å²) in [4.78, 5) is 17.6. The summed E-state index contributed by atoms with van der Waals surface area (Å²) in [6.07, 6.45) is 7.12. The van der Waals surface area contributed by atoms with E-state index in [-0.39, 0.29) is 0 Å². The molecule has 2 aromatic carbocycles. The number of pyridine rings is 2. The van der Waals surface area contributed by atoms with Gasteiger partial charge in [0, 0.05) is 47.0 Å². The van der Waals surface area contributed by atoms with Gasteiger partial charge >= 0.3 is 0 Å². The number of hydrogen-bond acceptors (Lipinski definition) is 5. The van der Waals surface area contributed by atoms with Gasteiger partial charge in [-0.1, -0.05) is 24.3 Å². The molecule has 3 heterocycles. The number of nitrogens with one attached hydrogen (secondary N) is 1. The van der Waals surface area contributed by atoms with Crippen molar-refractivity contribution in [1.29, 1.82) is 0 Å². The number of benzene rings is 2. The molecule has 0 atom stereocenters. The molecule has 0 unspecified atom stereocenters. The van der Waals surface area contributed by atoms with Crippen LogP contribution in [0.2, 0.25) is 0 Å². The predicted molar refractivity (Wildman–Crippen MR) is 117 cm³/mol. The molecule has 1 N–H and O–H groups in total. The first-order chi connectivity index (χ1) is 14.3. The smallest absolute Gasteiger partial charge is 0.133 e. The first-order valence-corrected chi connectivity index (χ1v) is 9.51. The van der Waals surface area contributed by atoms with Gasteiger partial charge in [-0.25, -0.2) is 9.97 Å². The summed E-state index contributed by atoms with van der Waals surface area (Å²) in [5.41, 5.74) is 5.19. The summed E-state index contributed by atoms with van der Waals surface area (Å²) in [7, 11) is 0. The molecule has 0 saturated carbocycles. The van der Waals surface area contributed by atoms with E-state index in [9.17, 15) is 0 Å². The molecule has 0 aliphatic rings. The molecular formula is C24H19N5. The molecule has 3 aromatic heterocycles. The van der Waals surface area contributed by atoms with E-state index in [1.54, 1.807) is 6.33 Å². The van der Waals surface area contributed by atoms with E-state index < -0.39 is 0 Å². The maximum Gasteiger partial charge on any atom is 0.133 e. The maximum atomic E-state index is 4.53. The Morgan fingerprint density at radius 1 is 0.828 bits per heavy atom. The number of nitrogens with zero attached hydrogens (tertiary/aromatic N) is 4. The van der Waals surface area contributed by atoms with E-state index in [2.05, 4.69) is 68.6 Å². The van der Waals surface area contributed by atoms with E-state index in [0.29, 0.717) is 6.54 Å². The second kappa shape index (κ2) is 7.28. The number of rotatable bonds is 4. The summed E-state index contributed by atoms with van der Waals surface area (Å²) in [6, 6.07) is 18.7. The van der Waals surface area contributed by atoms with Crippen LogP contribution in [0.4, 0.5) is 5.82 Å². The van der Waals surface area contributed by atoms with E-state index >= 15 is 0 Å². The van der Waals surface area contributed by atoms with Crippen LogP contribution in [-0.2, 0) is 6.54 Å². The van der Waals surface area contributed by atoms with Crippen molar-refractivity contribution in [3.63, 3.8) is 0 Å². The second-order valence-electron chi connectivity index (χ2n) is 7.02. The Bertz CT molecular complexity index is 1330. The van der Waals surface area contributed by atoms with E-state index in [0.717, 1.165) is 38.9 Å². The minimum Gasteiger partial charge on any atom is -0.366 e. The molecule has 0 saturated heterocycles. The van der Waals surface area contributed by atoms with Gasteiger partial charge in [-0.05, 0) is 48.2 Å². The molecule has 140 valence electrons. The normalized spacial score (nSPS) is 11.1. The molecule has 5 heteroatoms. The topological polar surface area (TPSA) is 63.6 Å². The number of aromatic nitrogens is 4. The number of hydrogen-bond donors (Lipinski definition) is 1. The first kappa shape index (κ1) is 17.3. The fraction of sp³-hybridized carbons (Fsp3) is 0.0833. The highest BCUT2D eigenvalue weighted by Gasteiger charge is 2.10. The fourth-order valence-electron chi connectivity index (χ4n) is 3.57. The van der Waals surface area contributed by atoms with Crippen LogP contribution < -0.4 is 5.32 Å². The molecule has 5 rings (SSSR count). The minimum absolute atomic E-state index is 0.692. The van der Waals surface area contributed by atoms with Crippen LogP contribution in [0.5, 0.6) is 0 Å². The quantitative estimate of drug-likeness (QED) is 0.469. The van der Waals surface area contributed by atoms with Gasteiger partial charge in [0.1, 0.15) is 12.1 Å². The van der Waals surface area contributed by atoms with Gasteiger partial charge in [-0.15, -0.1) is 0 Å². The minimum atomic E-state index is 0.692. The van der Waals surface area contributed by atoms with Gasteiger partial charge in [-0.3, -0.25) is 9.97 Å². The highest BCUT2D eigenvalue weighted by molar-refractivity contribution is 5.85. The Kier molecular flexibility index (Phi) is 4.33. The Morgan fingerprint density at radius 3 is 2.76 bits per heavy atom. The van der Waals surface area contributed by atoms with Crippen LogP contribution in [0.1, 0.15) is 11.1 Å². The molecule has 0 aliphatic carbocycles. The monoisotopic (exact) mass is 377 g/mol. The zero-order valence-electron chi connectivity index (χ0n) is 16.0. The predicted octanol–water partition coefficient (Wildman–Crippen LogP) is 5.16. The van der Waals surface area contributed by atoms with Crippen LogP contribution in [0.15, 0.2) is 79.5 Å². The average molecular weight is 377 g/mol. The van der Waals surface area contributed by atoms with Crippen molar-refractivity contribution >= 4 is 27.5 Å². The van der Waals surface area contributed by atoms with Gasteiger partial charge < -0.3 is 5.32 Å². The third-order valence-electron chi connectivity index (χ3n) is 5.13. The van der Waals surface area contributed by atoms with Gasteiger partial charge in [0.25, 0.3) is 0 Å². The van der Waals surface area contributed by atoms with Crippen molar-refractivity contribution < 1.29 is 0 Å². The van der Waals surface area contributed by atoms with Crippen LogP contribution >= 0.6 is 0 Å². The Hall–Kier alpha value is -3.86. The molecule has 0 aliphatic heterocycles. The lowest BCUT2D eigenvalue weighted by Crippen LogP contribution is -2.05. The highest BCUT2D eigenvalue weighted by Crippen LogP contribution is 2.27. The second-order valence-corrected chi connectivity index (χ2v) is 7.02. The molecule has 0 radical (unpaired) electrons. The summed E-state index contributed by atoms with van der Waals surface area (Å²) in [5, 5.41) is 6.89. The summed E-state index contributed by atoms with van der Waals surface area (Å²) in [5.74, 6) is 0.844. The first-order valence-electron chi connectivity index (χ1n) is 9.51.